The summed E-state index contributed by atoms with van der Waals surface area (Å²) in [5.74, 6) is 3.30. The first-order valence-electron chi connectivity index (χ1n) is 11.4. The predicted molar refractivity (Wildman–Crippen MR) is 150 cm³/mol. The molecule has 0 aromatic heterocycles. The standard InChI is InChI=1S/C25H51OP3/c1-15-27(11,12)18-29(14,19-28(13,16-2)17-3)25(9,10)26-23-20(4)21(5)24(7,8)22(23)6/h21-23H,4,11,13-19H2,1-3,5-10,12H3. The lowest BCUT2D eigenvalue weighted by Gasteiger charge is -2.47. The van der Waals surface area contributed by atoms with Crippen molar-refractivity contribution in [1.82, 2.24) is 0 Å². The second kappa shape index (κ2) is 9.22. The van der Waals surface area contributed by atoms with E-state index in [1.165, 1.54) is 35.9 Å². The Morgan fingerprint density at radius 1 is 0.966 bits per heavy atom. The third-order valence-corrected chi connectivity index (χ3v) is 24.6. The first-order chi connectivity index (χ1) is 12.9. The third-order valence-electron chi connectivity index (χ3n) is 8.51. The van der Waals surface area contributed by atoms with Gasteiger partial charge in [-0.2, -0.15) is 0 Å². The number of hydrogen-bond donors (Lipinski definition) is 0. The summed E-state index contributed by atoms with van der Waals surface area (Å²) >= 11 is 0. The van der Waals surface area contributed by atoms with Gasteiger partial charge < -0.3 is 4.74 Å². The quantitative estimate of drug-likeness (QED) is 0.238. The van der Waals surface area contributed by atoms with Crippen molar-refractivity contribution in [2.24, 2.45) is 17.3 Å². The molecule has 1 saturated carbocycles. The van der Waals surface area contributed by atoms with Crippen molar-refractivity contribution in [2.45, 2.75) is 73.8 Å². The lowest BCUT2D eigenvalue weighted by Crippen LogP contribution is -2.36. The van der Waals surface area contributed by atoms with Gasteiger partial charge in [0.15, 0.2) is 0 Å². The van der Waals surface area contributed by atoms with Crippen LogP contribution in [0.25, 0.3) is 0 Å². The second-order valence-corrected chi connectivity index (χ2v) is 24.7. The van der Waals surface area contributed by atoms with Gasteiger partial charge in [0.05, 0.1) is 11.4 Å². The first kappa shape index (κ1) is 27.6. The van der Waals surface area contributed by atoms with Crippen molar-refractivity contribution in [3.63, 3.8) is 0 Å². The molecule has 5 unspecified atom stereocenters. The van der Waals surface area contributed by atoms with Gasteiger partial charge in [-0.3, -0.25) is 0 Å². The fraction of sp³-hybridized carbons (Fsp3) is 0.800. The minimum Gasteiger partial charge on any atom is -0.363 e. The molecule has 1 nitrogen and oxygen atoms in total. The molecule has 1 fully saturated rings. The number of ether oxygens (including phenoxy) is 1. The Bertz CT molecular complexity index is 735. The van der Waals surface area contributed by atoms with E-state index in [4.69, 9.17) is 17.3 Å². The van der Waals surface area contributed by atoms with Crippen LogP contribution < -0.4 is 0 Å². The Kier molecular flexibility index (Phi) is 8.79. The molecule has 172 valence electrons. The molecule has 29 heavy (non-hydrogen) atoms. The zero-order valence-electron chi connectivity index (χ0n) is 21.3. The van der Waals surface area contributed by atoms with Gasteiger partial charge in [0, 0.05) is 0 Å². The molecule has 0 spiro atoms. The lowest BCUT2D eigenvalue weighted by molar-refractivity contribution is -0.0299. The van der Waals surface area contributed by atoms with E-state index >= 15 is 0 Å². The molecule has 0 heterocycles. The highest BCUT2D eigenvalue weighted by molar-refractivity contribution is 7.96. The summed E-state index contributed by atoms with van der Waals surface area (Å²) in [7, 11) is 0. The van der Waals surface area contributed by atoms with E-state index in [-0.39, 0.29) is 16.9 Å². The molecular formula is C25H51OP3. The van der Waals surface area contributed by atoms with Crippen LogP contribution in [0, 0.1) is 17.3 Å². The molecule has 0 aromatic rings. The maximum Gasteiger partial charge on any atom is 0.0828 e. The summed E-state index contributed by atoms with van der Waals surface area (Å²) in [6, 6.07) is 0. The highest BCUT2D eigenvalue weighted by Gasteiger charge is 2.50. The van der Waals surface area contributed by atoms with Gasteiger partial charge in [0.1, 0.15) is 0 Å². The van der Waals surface area contributed by atoms with Crippen molar-refractivity contribution in [3.05, 3.63) is 12.2 Å². The zero-order chi connectivity index (χ0) is 23.1. The van der Waals surface area contributed by atoms with Crippen LogP contribution in [0.4, 0.5) is 0 Å². The minimum absolute atomic E-state index is 0.118. The molecule has 0 saturated heterocycles. The first-order valence-corrected chi connectivity index (χ1v) is 19.1. The largest absolute Gasteiger partial charge is 0.363 e. The molecule has 0 N–H and O–H groups in total. The van der Waals surface area contributed by atoms with E-state index in [0.29, 0.717) is 11.8 Å². The van der Waals surface area contributed by atoms with Crippen molar-refractivity contribution in [2.75, 3.05) is 37.0 Å². The smallest absolute Gasteiger partial charge is 0.0828 e. The second-order valence-electron chi connectivity index (χ2n) is 11.2. The van der Waals surface area contributed by atoms with E-state index in [1.807, 2.05) is 0 Å². The van der Waals surface area contributed by atoms with E-state index in [1.54, 1.807) is 0 Å². The Hall–Kier alpha value is 0.600. The fourth-order valence-corrected chi connectivity index (χ4v) is 21.5. The SMILES string of the molecule is C=C1C(OC(C)(C)P(=C)(CP(=C)(C)CC)CP(=C)(CC)CC)C(C)C(C)(C)C1C. The van der Waals surface area contributed by atoms with Gasteiger partial charge in [-0.25, -0.2) is 0 Å². The topological polar surface area (TPSA) is 9.23 Å². The fourth-order valence-electron chi connectivity index (χ4n) is 4.57. The predicted octanol–water partition coefficient (Wildman–Crippen LogP) is 7.93. The average Bonchev–Trinajstić information content (AvgIpc) is 2.75. The van der Waals surface area contributed by atoms with E-state index in [0.717, 1.165) is 0 Å². The lowest BCUT2D eigenvalue weighted by atomic mass is 9.77. The van der Waals surface area contributed by atoms with Gasteiger partial charge in [0.2, 0.25) is 0 Å². The number of hydrogen-bond acceptors (Lipinski definition) is 1. The van der Waals surface area contributed by atoms with Crippen LogP contribution in [-0.4, -0.2) is 67.3 Å². The van der Waals surface area contributed by atoms with Gasteiger partial charge >= 0.3 is 0 Å². The summed E-state index contributed by atoms with van der Waals surface area (Å²) in [5.41, 5.74) is 1.49. The van der Waals surface area contributed by atoms with Gasteiger partial charge in [-0.15, -0.1) is 26.4 Å². The van der Waals surface area contributed by atoms with Gasteiger partial charge in [-0.05, 0) is 73.6 Å². The summed E-state index contributed by atoms with van der Waals surface area (Å²) in [6.07, 6.45) is 18.2. The van der Waals surface area contributed by atoms with Crippen molar-refractivity contribution >= 4 is 39.6 Å². The van der Waals surface area contributed by atoms with Gasteiger partial charge in [-0.1, -0.05) is 68.2 Å². The average molecular weight is 461 g/mol. The van der Waals surface area contributed by atoms with Crippen LogP contribution in [0.15, 0.2) is 12.2 Å². The third kappa shape index (κ3) is 5.70. The maximum absolute atomic E-state index is 7.09. The van der Waals surface area contributed by atoms with Crippen LogP contribution in [0.5, 0.6) is 0 Å². The summed E-state index contributed by atoms with van der Waals surface area (Å²) in [5, 5.41) is -0.240. The monoisotopic (exact) mass is 460 g/mol. The highest BCUT2D eigenvalue weighted by atomic mass is 31.2. The zero-order valence-corrected chi connectivity index (χ0v) is 24.0. The molecule has 4 heteroatoms. The highest BCUT2D eigenvalue weighted by Crippen LogP contribution is 2.73. The molecule has 0 amide bonds. The van der Waals surface area contributed by atoms with Crippen LogP contribution >= 0.6 is 20.7 Å². The molecule has 1 rings (SSSR count). The van der Waals surface area contributed by atoms with Crippen molar-refractivity contribution in [3.8, 4) is 0 Å². The molecule has 1 aliphatic rings. The van der Waals surface area contributed by atoms with E-state index in [2.05, 4.69) is 81.9 Å². The summed E-state index contributed by atoms with van der Waals surface area (Å²) in [6.45, 7) is 23.8. The van der Waals surface area contributed by atoms with Crippen LogP contribution in [0.1, 0.15) is 62.3 Å². The summed E-state index contributed by atoms with van der Waals surface area (Å²) in [4.78, 5) is 0. The molecule has 0 bridgehead atoms. The molecule has 0 aromatic carbocycles. The summed E-state index contributed by atoms with van der Waals surface area (Å²) < 4.78 is 7.09. The van der Waals surface area contributed by atoms with Crippen molar-refractivity contribution < 1.29 is 4.74 Å². The van der Waals surface area contributed by atoms with E-state index in [9.17, 15) is 0 Å². The molecule has 0 radical (unpaired) electrons. The van der Waals surface area contributed by atoms with E-state index < -0.39 is 20.7 Å². The minimum atomic E-state index is -1.67. The Labute approximate surface area is 184 Å². The number of rotatable bonds is 10. The van der Waals surface area contributed by atoms with Crippen LogP contribution in [0.2, 0.25) is 0 Å². The van der Waals surface area contributed by atoms with Crippen molar-refractivity contribution in [1.29, 1.82) is 0 Å². The Morgan fingerprint density at radius 3 is 1.79 bits per heavy atom. The van der Waals surface area contributed by atoms with Crippen LogP contribution in [0.3, 0.4) is 0 Å². The molecule has 5 atom stereocenters. The molecular weight excluding hydrogens is 409 g/mol. The molecule has 1 aliphatic carbocycles. The molecule has 0 aliphatic heterocycles. The Balaban J connectivity index is 3.40. The van der Waals surface area contributed by atoms with Crippen LogP contribution in [-0.2, 0) is 4.74 Å². The van der Waals surface area contributed by atoms with Gasteiger partial charge in [0.25, 0.3) is 0 Å². The Morgan fingerprint density at radius 2 is 1.45 bits per heavy atom. The maximum atomic E-state index is 7.09. The normalized spacial score (nSPS) is 29.4.